The van der Waals surface area contributed by atoms with Gasteiger partial charge in [0, 0.05) is 42.8 Å². The predicted molar refractivity (Wildman–Crippen MR) is 309 cm³/mol. The van der Waals surface area contributed by atoms with Gasteiger partial charge in [0.25, 0.3) is 0 Å². The van der Waals surface area contributed by atoms with E-state index in [0.29, 0.717) is 57.4 Å². The summed E-state index contributed by atoms with van der Waals surface area (Å²) in [7, 11) is -6.79. The highest BCUT2D eigenvalue weighted by Gasteiger charge is 2.64. The molecule has 424 valence electrons. The highest BCUT2D eigenvalue weighted by molar-refractivity contribution is 9.11. The second kappa shape index (κ2) is 21.5. The van der Waals surface area contributed by atoms with Gasteiger partial charge in [0.1, 0.15) is 17.5 Å². The Morgan fingerprint density at radius 3 is 1.31 bits per heavy atom. The van der Waals surface area contributed by atoms with Crippen molar-refractivity contribution >= 4 is 126 Å². The van der Waals surface area contributed by atoms with Crippen LogP contribution in [0.3, 0.4) is 0 Å². The van der Waals surface area contributed by atoms with Crippen LogP contribution >= 0.6 is 42.5 Å². The summed E-state index contributed by atoms with van der Waals surface area (Å²) >= 11 is 6.54. The SMILES string of the molecule is CC1(C)OB(B2OC(C)(C)C(C)(C)O2)OC1(C)C.CC1(C)OB(c2cc(F)cc3c2ccn3S(=O)(=O)C2CC2)OC1(C)C.Fc1cc(Br)c2c(c1)CC=C2.O=S(=O)(C1CC1)n1ccc2c(Br)cc(F)cc21.O=S(=O)(Cl)C1CC1. The summed E-state index contributed by atoms with van der Waals surface area (Å²) in [6.45, 7) is 23.9. The van der Waals surface area contributed by atoms with Gasteiger partial charge in [-0.2, -0.15) is 0 Å². The molecular weight excluding hydrogens is 1230 g/mol. The Labute approximate surface area is 479 Å². The van der Waals surface area contributed by atoms with E-state index in [4.69, 9.17) is 38.6 Å². The van der Waals surface area contributed by atoms with Crippen LogP contribution < -0.4 is 5.46 Å². The fourth-order valence-corrected chi connectivity index (χ4v) is 14.5. The number of hydrogen-bond acceptors (Lipinski definition) is 12. The molecule has 3 saturated carbocycles. The third-order valence-corrected chi connectivity index (χ3v) is 23.6. The molecular formula is C52H65B3Br2ClF3N2O12S3. The van der Waals surface area contributed by atoms with E-state index in [1.807, 2.05) is 95.2 Å². The summed E-state index contributed by atoms with van der Waals surface area (Å²) < 4.78 is 150. The number of hydrogen-bond donors (Lipinski definition) is 0. The van der Waals surface area contributed by atoms with Gasteiger partial charge in [-0.05, 0) is 209 Å². The lowest BCUT2D eigenvalue weighted by molar-refractivity contribution is 0.00578. The van der Waals surface area contributed by atoms with Gasteiger partial charge in [0.2, 0.25) is 29.1 Å². The Morgan fingerprint density at radius 1 is 0.526 bits per heavy atom. The monoisotopic (exact) mass is 1290 g/mol. The van der Waals surface area contributed by atoms with Crippen LogP contribution in [0.5, 0.6) is 0 Å². The summed E-state index contributed by atoms with van der Waals surface area (Å²) in [5.74, 6) is -1.13. The van der Waals surface area contributed by atoms with Crippen molar-refractivity contribution in [3.05, 3.63) is 105 Å². The molecule has 0 radical (unpaired) electrons. The first-order valence-corrected chi connectivity index (χ1v) is 32.7. The van der Waals surface area contributed by atoms with Crippen LogP contribution in [0.2, 0.25) is 0 Å². The van der Waals surface area contributed by atoms with Crippen molar-refractivity contribution in [2.75, 3.05) is 0 Å². The Kier molecular flexibility index (Phi) is 16.9. The predicted octanol–water partition coefficient (Wildman–Crippen LogP) is 11.4. The van der Waals surface area contributed by atoms with Gasteiger partial charge in [-0.3, -0.25) is 0 Å². The molecule has 26 heteroatoms. The molecule has 3 aromatic carbocycles. The fourth-order valence-electron chi connectivity index (χ4n) is 8.66. The van der Waals surface area contributed by atoms with E-state index in [-0.39, 0.29) is 44.0 Å². The molecule has 12 rings (SSSR count). The molecule has 4 aliphatic carbocycles. The normalized spacial score (nSPS) is 22.2. The number of rotatable bonds is 7. The first kappa shape index (κ1) is 61.4. The van der Waals surface area contributed by atoms with Crippen LogP contribution in [0.4, 0.5) is 13.2 Å². The summed E-state index contributed by atoms with van der Waals surface area (Å²) in [6, 6.07) is 11.6. The Hall–Kier alpha value is -2.68. The molecule has 14 nitrogen and oxygen atoms in total. The molecule has 0 unspecified atom stereocenters. The molecule has 0 spiro atoms. The number of allylic oxidation sites excluding steroid dienone is 1. The minimum Gasteiger partial charge on any atom is -0.405 e. The van der Waals surface area contributed by atoms with Crippen LogP contribution in [0.1, 0.15) is 133 Å². The third-order valence-electron chi connectivity index (χ3n) is 15.9. The average Bonchev–Trinajstić information content (AvgIpc) is 4.33. The Balaban J connectivity index is 0.000000135. The zero-order valence-electron chi connectivity index (χ0n) is 45.6. The second-order valence-corrected chi connectivity index (χ2v) is 32.3. The van der Waals surface area contributed by atoms with E-state index in [0.717, 1.165) is 34.9 Å². The lowest BCUT2D eigenvalue weighted by Gasteiger charge is -2.32. The molecule has 0 amide bonds. The third kappa shape index (κ3) is 12.8. The van der Waals surface area contributed by atoms with Crippen molar-refractivity contribution in [3.8, 4) is 0 Å². The van der Waals surface area contributed by atoms with Gasteiger partial charge in [-0.25, -0.2) is 46.4 Å². The summed E-state index contributed by atoms with van der Waals surface area (Å²) in [6.07, 6.45) is 12.1. The Bertz CT molecular complexity index is 3430. The average molecular weight is 1290 g/mol. The Morgan fingerprint density at radius 2 is 0.897 bits per heavy atom. The molecule has 3 saturated heterocycles. The molecule has 3 aliphatic heterocycles. The van der Waals surface area contributed by atoms with Crippen LogP contribution in [0, 0.1) is 17.5 Å². The van der Waals surface area contributed by atoms with Gasteiger partial charge < -0.3 is 27.9 Å². The minimum absolute atomic E-state index is 0.167. The van der Waals surface area contributed by atoms with E-state index in [2.05, 4.69) is 31.9 Å². The summed E-state index contributed by atoms with van der Waals surface area (Å²) in [5.41, 5.74) is 0.866. The molecule has 78 heavy (non-hydrogen) atoms. The quantitative estimate of drug-likeness (QED) is 0.112. The first-order valence-electron chi connectivity index (χ1n) is 25.7. The van der Waals surface area contributed by atoms with E-state index < -0.39 is 73.1 Å². The van der Waals surface area contributed by atoms with Crippen molar-refractivity contribution in [3.63, 3.8) is 0 Å². The second-order valence-electron chi connectivity index (χ2n) is 23.5. The smallest absolute Gasteiger partial charge is 0.405 e. The minimum atomic E-state index is -3.48. The first-order chi connectivity index (χ1) is 35.8. The molecule has 5 aromatic rings. The fraction of sp³-hybridized carbons (Fsp3) is 0.538. The maximum atomic E-state index is 14.3. The van der Waals surface area contributed by atoms with Crippen LogP contribution in [0.15, 0.2) is 75.9 Å². The van der Waals surface area contributed by atoms with Gasteiger partial charge in [-0.15, -0.1) is 0 Å². The maximum absolute atomic E-state index is 14.3. The van der Waals surface area contributed by atoms with Crippen molar-refractivity contribution in [1.29, 1.82) is 0 Å². The number of fused-ring (bicyclic) bond motifs is 3. The molecule has 0 N–H and O–H groups in total. The molecule has 6 fully saturated rings. The number of halogens is 6. The topological polar surface area (TPSA) is 168 Å². The number of benzene rings is 3. The van der Waals surface area contributed by atoms with Gasteiger partial charge in [-0.1, -0.05) is 28.1 Å². The molecule has 2 aromatic heterocycles. The van der Waals surface area contributed by atoms with Gasteiger partial charge in [0.05, 0.1) is 60.4 Å². The summed E-state index contributed by atoms with van der Waals surface area (Å²) in [5, 5.41) is 0.445. The number of aromatic nitrogens is 2. The van der Waals surface area contributed by atoms with E-state index >= 15 is 0 Å². The van der Waals surface area contributed by atoms with Crippen LogP contribution in [0.25, 0.3) is 27.9 Å². The zero-order valence-corrected chi connectivity index (χ0v) is 52.0. The molecule has 0 bridgehead atoms. The molecule has 7 aliphatic rings. The standard InChI is InChI=1S/C17H21BFNO4S.C12H24B2O4.C11H9BrFNO2S.C9H6BrF.C3H5ClO2S/c1-16(2)17(3,4)24-18(23-16)14-9-11(19)10-15-13(14)7-8-20(15)25(21,22)12-5-6-12;1-9(2)10(3,4)16-13(15-9)14-17-11(5,6)12(7,8)18-14;12-10-5-7(13)6-11-9(10)3-4-14(11)17(15,16)8-1-2-8;10-9-5-7(11)4-6-2-1-3-8(6)9;4-7(5,6)3-1-2-3/h7-10,12H,5-6H2,1-4H3;1-8H3;3-6,8H,1-2H2;1,3-5H,2H2;3H,1-2H2. The van der Waals surface area contributed by atoms with E-state index in [1.165, 1.54) is 50.7 Å². The van der Waals surface area contributed by atoms with E-state index in [9.17, 15) is 38.4 Å². The van der Waals surface area contributed by atoms with E-state index in [1.54, 1.807) is 18.2 Å². The molecule has 5 heterocycles. The van der Waals surface area contributed by atoms with Gasteiger partial charge in [0.15, 0.2) is 0 Å². The van der Waals surface area contributed by atoms with Crippen molar-refractivity contribution in [2.45, 2.75) is 177 Å². The maximum Gasteiger partial charge on any atom is 0.495 e. The molecule has 0 atom stereocenters. The van der Waals surface area contributed by atoms with Gasteiger partial charge >= 0.3 is 21.1 Å². The zero-order chi connectivity index (χ0) is 57.7. The highest BCUT2D eigenvalue weighted by Crippen LogP contribution is 2.44. The lowest BCUT2D eigenvalue weighted by atomic mass is 9.49. The van der Waals surface area contributed by atoms with Crippen molar-refractivity contribution in [2.24, 2.45) is 0 Å². The van der Waals surface area contributed by atoms with Crippen molar-refractivity contribution in [1.82, 2.24) is 7.94 Å². The van der Waals surface area contributed by atoms with Crippen molar-refractivity contribution < 1.29 is 66.4 Å². The largest absolute Gasteiger partial charge is 0.495 e. The summed E-state index contributed by atoms with van der Waals surface area (Å²) in [4.78, 5) is 0. The van der Waals surface area contributed by atoms with Crippen LogP contribution in [-0.4, -0.2) is 104 Å². The number of nitrogens with zero attached hydrogens (tertiary/aromatic N) is 2. The highest BCUT2D eigenvalue weighted by atomic mass is 79.9. The lowest BCUT2D eigenvalue weighted by Crippen LogP contribution is -2.41. The van der Waals surface area contributed by atoms with Crippen LogP contribution in [-0.2, 0) is 63.4 Å².